The predicted octanol–water partition coefficient (Wildman–Crippen LogP) is -0.892. The molecule has 7 nitrogen and oxygen atoms in total. The highest BCUT2D eigenvalue weighted by molar-refractivity contribution is 5.87. The molecule has 5 N–H and O–H groups in total. The van der Waals surface area contributed by atoms with Gasteiger partial charge in [-0.05, 0) is 13.8 Å². The molecule has 0 saturated heterocycles. The van der Waals surface area contributed by atoms with Crippen molar-refractivity contribution in [1.29, 1.82) is 0 Å². The van der Waals surface area contributed by atoms with Crippen molar-refractivity contribution in [3.8, 4) is 0 Å². The van der Waals surface area contributed by atoms with E-state index < -0.39 is 17.9 Å². The highest BCUT2D eigenvalue weighted by Gasteiger charge is 2.20. The first-order valence-corrected chi connectivity index (χ1v) is 5.65. The second-order valence-electron chi connectivity index (χ2n) is 4.32. The molecule has 1 heterocycles. The molecule has 2 amide bonds. The van der Waals surface area contributed by atoms with Crippen LogP contribution < -0.4 is 16.8 Å². The lowest BCUT2D eigenvalue weighted by Crippen LogP contribution is -2.43. The number of aromatic nitrogens is 2. The van der Waals surface area contributed by atoms with Gasteiger partial charge in [-0.1, -0.05) is 0 Å². The third-order valence-corrected chi connectivity index (χ3v) is 2.86. The molecule has 0 aliphatic carbocycles. The van der Waals surface area contributed by atoms with Crippen LogP contribution in [-0.4, -0.2) is 27.6 Å². The van der Waals surface area contributed by atoms with Gasteiger partial charge in [0.05, 0.1) is 24.7 Å². The van der Waals surface area contributed by atoms with Gasteiger partial charge < -0.3 is 16.8 Å². The summed E-state index contributed by atoms with van der Waals surface area (Å²) in [6, 6.07) is -1.13. The van der Waals surface area contributed by atoms with Crippen LogP contribution in [0.5, 0.6) is 0 Å². The molecule has 0 radical (unpaired) electrons. The van der Waals surface area contributed by atoms with Gasteiger partial charge in [-0.15, -0.1) is 0 Å². The van der Waals surface area contributed by atoms with Crippen molar-refractivity contribution in [3.05, 3.63) is 17.5 Å². The number of nitrogens with two attached hydrogens (primary N) is 2. The summed E-state index contributed by atoms with van der Waals surface area (Å²) >= 11 is 0. The maximum Gasteiger partial charge on any atom is 0.237 e. The fourth-order valence-corrected chi connectivity index (χ4v) is 1.65. The van der Waals surface area contributed by atoms with E-state index in [0.29, 0.717) is 0 Å². The molecule has 0 spiro atoms. The number of hydrogen-bond acceptors (Lipinski definition) is 4. The number of nitrogens with zero attached hydrogens (tertiary/aromatic N) is 2. The van der Waals surface area contributed by atoms with Gasteiger partial charge in [0.25, 0.3) is 0 Å². The van der Waals surface area contributed by atoms with Crippen LogP contribution in [0.3, 0.4) is 0 Å². The lowest BCUT2D eigenvalue weighted by Gasteiger charge is -2.16. The van der Waals surface area contributed by atoms with Crippen LogP contribution in [-0.2, 0) is 16.6 Å². The van der Waals surface area contributed by atoms with Crippen molar-refractivity contribution >= 4 is 11.8 Å². The second-order valence-corrected chi connectivity index (χ2v) is 4.32. The molecule has 0 fully saturated rings. The van der Waals surface area contributed by atoms with E-state index in [0.717, 1.165) is 11.3 Å². The number of carbonyl (C=O) groups excluding carboxylic acids is 2. The van der Waals surface area contributed by atoms with Gasteiger partial charge >= 0.3 is 0 Å². The molecular weight excluding hydrogens is 234 g/mol. The lowest BCUT2D eigenvalue weighted by atomic mass is 10.1. The van der Waals surface area contributed by atoms with Crippen LogP contribution in [0, 0.1) is 6.92 Å². The monoisotopic (exact) mass is 253 g/mol. The number of aryl methyl sites for hydroxylation is 1. The SMILES string of the molecule is Cc1c(C(C)NC(=O)C(N)CC(N)=O)cnn1C. The number of rotatable bonds is 5. The largest absolute Gasteiger partial charge is 0.370 e. The Hall–Kier alpha value is -1.89. The lowest BCUT2D eigenvalue weighted by molar-refractivity contribution is -0.126. The van der Waals surface area contributed by atoms with E-state index >= 15 is 0 Å². The van der Waals surface area contributed by atoms with Crippen molar-refractivity contribution in [2.75, 3.05) is 0 Å². The molecule has 7 heteroatoms. The predicted molar refractivity (Wildman–Crippen MR) is 66.3 cm³/mol. The van der Waals surface area contributed by atoms with E-state index in [1.165, 1.54) is 0 Å². The molecule has 0 aliphatic rings. The summed E-state index contributed by atoms with van der Waals surface area (Å²) in [6.45, 7) is 3.74. The minimum absolute atomic E-state index is 0.162. The van der Waals surface area contributed by atoms with Gasteiger partial charge in [0.1, 0.15) is 0 Å². The molecule has 18 heavy (non-hydrogen) atoms. The third kappa shape index (κ3) is 3.30. The molecule has 2 atom stereocenters. The summed E-state index contributed by atoms with van der Waals surface area (Å²) in [5.74, 6) is -0.993. The minimum Gasteiger partial charge on any atom is -0.370 e. The highest BCUT2D eigenvalue weighted by Crippen LogP contribution is 2.15. The Morgan fingerprint density at radius 1 is 1.56 bits per heavy atom. The van der Waals surface area contributed by atoms with Crippen LogP contribution in [0.1, 0.15) is 30.6 Å². The highest BCUT2D eigenvalue weighted by atomic mass is 16.2. The molecule has 0 aliphatic heterocycles. The fraction of sp³-hybridized carbons (Fsp3) is 0.545. The van der Waals surface area contributed by atoms with Gasteiger partial charge in [-0.25, -0.2) is 0 Å². The van der Waals surface area contributed by atoms with Crippen molar-refractivity contribution in [1.82, 2.24) is 15.1 Å². The minimum atomic E-state index is -0.915. The number of primary amides is 1. The molecule has 1 aromatic heterocycles. The zero-order chi connectivity index (χ0) is 13.9. The average molecular weight is 253 g/mol. The molecule has 0 aromatic carbocycles. The van der Waals surface area contributed by atoms with Gasteiger partial charge in [0, 0.05) is 18.3 Å². The standard InChI is InChI=1S/C11H19N5O2/c1-6(8-5-14-16(3)7(8)2)15-11(18)9(12)4-10(13)17/h5-6,9H,4,12H2,1-3H3,(H2,13,17)(H,15,18). The Bertz CT molecular complexity index is 454. The van der Waals surface area contributed by atoms with E-state index in [-0.39, 0.29) is 12.5 Å². The topological polar surface area (TPSA) is 116 Å². The Morgan fingerprint density at radius 3 is 2.61 bits per heavy atom. The van der Waals surface area contributed by atoms with E-state index in [4.69, 9.17) is 11.5 Å². The molecule has 1 aromatic rings. The molecule has 0 bridgehead atoms. The Balaban J connectivity index is 2.65. The summed E-state index contributed by atoms with van der Waals surface area (Å²) in [7, 11) is 1.83. The average Bonchev–Trinajstić information content (AvgIpc) is 2.58. The number of carbonyl (C=O) groups is 2. The normalized spacial score (nSPS) is 14.0. The summed E-state index contributed by atoms with van der Waals surface area (Å²) in [4.78, 5) is 22.4. The van der Waals surface area contributed by atoms with E-state index in [9.17, 15) is 9.59 Å². The smallest absolute Gasteiger partial charge is 0.237 e. The Kier molecular flexibility index (Phi) is 4.43. The van der Waals surface area contributed by atoms with Crippen molar-refractivity contribution < 1.29 is 9.59 Å². The zero-order valence-electron chi connectivity index (χ0n) is 10.8. The van der Waals surface area contributed by atoms with Crippen molar-refractivity contribution in [2.24, 2.45) is 18.5 Å². The van der Waals surface area contributed by atoms with Crippen LogP contribution >= 0.6 is 0 Å². The van der Waals surface area contributed by atoms with Gasteiger partial charge in [-0.2, -0.15) is 5.10 Å². The first-order valence-electron chi connectivity index (χ1n) is 5.65. The van der Waals surface area contributed by atoms with Crippen molar-refractivity contribution in [2.45, 2.75) is 32.4 Å². The quantitative estimate of drug-likeness (QED) is 0.631. The van der Waals surface area contributed by atoms with Gasteiger partial charge in [-0.3, -0.25) is 14.3 Å². The fourth-order valence-electron chi connectivity index (χ4n) is 1.65. The molecule has 1 rings (SSSR count). The van der Waals surface area contributed by atoms with Crippen LogP contribution in [0.4, 0.5) is 0 Å². The summed E-state index contributed by atoms with van der Waals surface area (Å²) in [6.07, 6.45) is 1.53. The maximum absolute atomic E-state index is 11.7. The first-order chi connectivity index (χ1) is 8.32. The number of amides is 2. The third-order valence-electron chi connectivity index (χ3n) is 2.86. The summed E-state index contributed by atoms with van der Waals surface area (Å²) < 4.78 is 1.72. The van der Waals surface area contributed by atoms with E-state index in [2.05, 4.69) is 10.4 Å². The maximum atomic E-state index is 11.7. The second kappa shape index (κ2) is 5.63. The van der Waals surface area contributed by atoms with E-state index in [1.807, 2.05) is 20.9 Å². The van der Waals surface area contributed by atoms with Crippen LogP contribution in [0.15, 0.2) is 6.20 Å². The molecule has 2 unspecified atom stereocenters. The van der Waals surface area contributed by atoms with Crippen LogP contribution in [0.2, 0.25) is 0 Å². The number of nitrogens with one attached hydrogen (secondary N) is 1. The summed E-state index contributed by atoms with van der Waals surface area (Å²) in [5, 5.41) is 6.83. The Labute approximate surface area is 106 Å². The zero-order valence-corrected chi connectivity index (χ0v) is 10.8. The molecular formula is C11H19N5O2. The van der Waals surface area contributed by atoms with Crippen molar-refractivity contribution in [3.63, 3.8) is 0 Å². The Morgan fingerprint density at radius 2 is 2.17 bits per heavy atom. The van der Waals surface area contributed by atoms with Crippen LogP contribution in [0.25, 0.3) is 0 Å². The molecule has 0 saturated carbocycles. The van der Waals surface area contributed by atoms with Gasteiger partial charge in [0.2, 0.25) is 11.8 Å². The van der Waals surface area contributed by atoms with E-state index in [1.54, 1.807) is 10.9 Å². The molecule has 100 valence electrons. The summed E-state index contributed by atoms with van der Waals surface area (Å²) in [5.41, 5.74) is 12.4. The number of hydrogen-bond donors (Lipinski definition) is 3. The van der Waals surface area contributed by atoms with Gasteiger partial charge in [0.15, 0.2) is 0 Å². The first kappa shape index (κ1) is 14.2.